The molecule has 0 saturated heterocycles. The Hall–Kier alpha value is -3.03. The van der Waals surface area contributed by atoms with Crippen molar-refractivity contribution in [2.45, 2.75) is 9.79 Å². The Balaban J connectivity index is 1.99. The van der Waals surface area contributed by atoms with Crippen LogP contribution in [-0.4, -0.2) is 25.1 Å². The van der Waals surface area contributed by atoms with E-state index < -0.39 is 20.6 Å². The van der Waals surface area contributed by atoms with Gasteiger partial charge in [-0.3, -0.25) is 9.00 Å². The molecule has 0 radical (unpaired) electrons. The van der Waals surface area contributed by atoms with Crippen molar-refractivity contribution in [3.8, 4) is 22.5 Å². The van der Waals surface area contributed by atoms with Crippen LogP contribution in [-0.2, 0) is 20.6 Å². The van der Waals surface area contributed by atoms with Crippen molar-refractivity contribution in [1.29, 1.82) is 0 Å². The first-order valence-electron chi connectivity index (χ1n) is 9.06. The fraction of sp³-hybridized carbons (Fsp3) is 0.0870. The zero-order chi connectivity index (χ0) is 21.5. The number of hydrogen-bond donors (Lipinski definition) is 0. The molecule has 0 amide bonds. The molecule has 152 valence electrons. The molecule has 0 aliphatic carbocycles. The molecule has 7 heteroatoms. The zero-order valence-electron chi connectivity index (χ0n) is 16.3. The van der Waals surface area contributed by atoms with Crippen molar-refractivity contribution in [2.24, 2.45) is 0 Å². The number of sulfone groups is 1. The van der Waals surface area contributed by atoms with E-state index in [4.69, 9.17) is 4.42 Å². The van der Waals surface area contributed by atoms with Gasteiger partial charge in [0.25, 0.3) is 0 Å². The van der Waals surface area contributed by atoms with Crippen molar-refractivity contribution < 1.29 is 17.0 Å². The smallest absolute Gasteiger partial charge is 0.201 e. The largest absolute Gasteiger partial charge is 0.455 e. The van der Waals surface area contributed by atoms with Gasteiger partial charge in [0, 0.05) is 33.8 Å². The van der Waals surface area contributed by atoms with Gasteiger partial charge in [0.2, 0.25) is 5.43 Å². The number of hydrogen-bond acceptors (Lipinski definition) is 5. The fourth-order valence-electron chi connectivity index (χ4n) is 3.27. The van der Waals surface area contributed by atoms with Crippen LogP contribution in [0.15, 0.2) is 91.8 Å². The minimum Gasteiger partial charge on any atom is -0.455 e. The van der Waals surface area contributed by atoms with Crippen LogP contribution in [0.3, 0.4) is 0 Å². The van der Waals surface area contributed by atoms with Crippen LogP contribution in [0.2, 0.25) is 0 Å². The maximum atomic E-state index is 13.4. The average Bonchev–Trinajstić information content (AvgIpc) is 2.73. The summed E-state index contributed by atoms with van der Waals surface area (Å²) in [5, 5.41) is 0.451. The molecule has 0 saturated carbocycles. The van der Waals surface area contributed by atoms with Crippen molar-refractivity contribution in [1.82, 2.24) is 0 Å². The summed E-state index contributed by atoms with van der Waals surface area (Å²) in [6.07, 6.45) is 2.73. The molecule has 30 heavy (non-hydrogen) atoms. The minimum atomic E-state index is -3.34. The molecule has 1 aromatic heterocycles. The zero-order valence-corrected chi connectivity index (χ0v) is 17.9. The van der Waals surface area contributed by atoms with Gasteiger partial charge in [0.1, 0.15) is 11.3 Å². The first-order valence-corrected chi connectivity index (χ1v) is 12.5. The quantitative estimate of drug-likeness (QED) is 0.475. The maximum Gasteiger partial charge on any atom is 0.201 e. The summed E-state index contributed by atoms with van der Waals surface area (Å²) in [5.41, 5.74) is 1.84. The predicted octanol–water partition coefficient (Wildman–Crippen LogP) is 4.27. The van der Waals surface area contributed by atoms with Gasteiger partial charge >= 0.3 is 0 Å². The third kappa shape index (κ3) is 3.74. The van der Waals surface area contributed by atoms with Gasteiger partial charge in [-0.1, -0.05) is 24.3 Å². The highest BCUT2D eigenvalue weighted by Gasteiger charge is 2.18. The summed E-state index contributed by atoms with van der Waals surface area (Å²) in [6.45, 7) is 0. The molecule has 0 fully saturated rings. The molecule has 1 atom stereocenters. The Morgan fingerprint density at radius 3 is 2.03 bits per heavy atom. The molecule has 4 rings (SSSR count). The topological polar surface area (TPSA) is 81.4 Å². The first-order chi connectivity index (χ1) is 14.3. The summed E-state index contributed by atoms with van der Waals surface area (Å²) in [5.74, 6) is 0.351. The van der Waals surface area contributed by atoms with Crippen LogP contribution in [0.5, 0.6) is 0 Å². The van der Waals surface area contributed by atoms with E-state index in [9.17, 15) is 17.4 Å². The van der Waals surface area contributed by atoms with Gasteiger partial charge < -0.3 is 4.42 Å². The molecule has 0 N–H and O–H groups in total. The highest BCUT2D eigenvalue weighted by Crippen LogP contribution is 2.33. The van der Waals surface area contributed by atoms with E-state index in [0.29, 0.717) is 38.3 Å². The van der Waals surface area contributed by atoms with Crippen LogP contribution in [0, 0.1) is 0 Å². The summed E-state index contributed by atoms with van der Waals surface area (Å²) >= 11 is 0. The molecule has 1 heterocycles. The van der Waals surface area contributed by atoms with Crippen molar-refractivity contribution >= 4 is 31.6 Å². The molecular weight excluding hydrogens is 420 g/mol. The number of benzene rings is 3. The second-order valence-electron chi connectivity index (χ2n) is 6.91. The monoisotopic (exact) mass is 438 g/mol. The van der Waals surface area contributed by atoms with Crippen molar-refractivity contribution in [3.63, 3.8) is 0 Å². The number of para-hydroxylation sites is 1. The molecule has 3 aromatic carbocycles. The Labute approximate surface area is 176 Å². The maximum absolute atomic E-state index is 13.4. The van der Waals surface area contributed by atoms with E-state index in [2.05, 4.69) is 0 Å². The molecule has 1 unspecified atom stereocenters. The SMILES string of the molecule is CS(=O)c1ccc(-c2c(-c3ccc(S(C)(=O)=O)cc3)oc3ccccc3c2=O)cc1. The van der Waals surface area contributed by atoms with Crippen molar-refractivity contribution in [3.05, 3.63) is 83.0 Å². The summed E-state index contributed by atoms with van der Waals surface area (Å²) in [6, 6.07) is 20.1. The standard InChI is InChI=1S/C23H18O5S2/c1-29(25)17-11-7-15(8-12-17)21-22(24)19-5-3-4-6-20(19)28-23(21)16-9-13-18(14-10-16)30(2,26)27/h3-14H,1-2H3. The van der Waals surface area contributed by atoms with E-state index in [1.807, 2.05) is 0 Å². The van der Waals surface area contributed by atoms with E-state index in [-0.39, 0.29) is 10.3 Å². The second-order valence-corrected chi connectivity index (χ2v) is 10.3. The van der Waals surface area contributed by atoms with Gasteiger partial charge in [-0.05, 0) is 54.1 Å². The Bertz CT molecular complexity index is 1430. The summed E-state index contributed by atoms with van der Waals surface area (Å²) < 4.78 is 41.4. The van der Waals surface area contributed by atoms with Crippen LogP contribution in [0.25, 0.3) is 33.4 Å². The summed E-state index contributed by atoms with van der Waals surface area (Å²) in [7, 11) is -4.47. The van der Waals surface area contributed by atoms with Gasteiger partial charge in [-0.2, -0.15) is 0 Å². The Morgan fingerprint density at radius 2 is 1.43 bits per heavy atom. The lowest BCUT2D eigenvalue weighted by Gasteiger charge is -2.11. The van der Waals surface area contributed by atoms with Gasteiger partial charge in [-0.25, -0.2) is 8.42 Å². The second kappa shape index (κ2) is 7.66. The van der Waals surface area contributed by atoms with Crippen LogP contribution >= 0.6 is 0 Å². The lowest BCUT2D eigenvalue weighted by atomic mass is 9.98. The molecule has 0 bridgehead atoms. The molecule has 0 spiro atoms. The highest BCUT2D eigenvalue weighted by atomic mass is 32.2. The fourth-order valence-corrected chi connectivity index (χ4v) is 4.42. The minimum absolute atomic E-state index is 0.186. The lowest BCUT2D eigenvalue weighted by Crippen LogP contribution is -2.07. The van der Waals surface area contributed by atoms with Crippen molar-refractivity contribution in [2.75, 3.05) is 12.5 Å². The lowest BCUT2D eigenvalue weighted by molar-refractivity contribution is 0.601. The normalized spacial score (nSPS) is 12.7. The number of rotatable bonds is 4. The van der Waals surface area contributed by atoms with E-state index in [0.717, 1.165) is 6.26 Å². The van der Waals surface area contributed by atoms with E-state index in [1.54, 1.807) is 66.9 Å². The van der Waals surface area contributed by atoms with Gasteiger partial charge in [0.05, 0.1) is 15.8 Å². The first kappa shape index (κ1) is 20.3. The van der Waals surface area contributed by atoms with Gasteiger partial charge in [0.15, 0.2) is 9.84 Å². The summed E-state index contributed by atoms with van der Waals surface area (Å²) in [4.78, 5) is 14.2. The molecule has 4 aromatic rings. The van der Waals surface area contributed by atoms with Crippen LogP contribution in [0.4, 0.5) is 0 Å². The average molecular weight is 439 g/mol. The Morgan fingerprint density at radius 1 is 0.833 bits per heavy atom. The van der Waals surface area contributed by atoms with Crippen LogP contribution < -0.4 is 5.43 Å². The predicted molar refractivity (Wildman–Crippen MR) is 119 cm³/mol. The molecule has 0 aliphatic rings. The van der Waals surface area contributed by atoms with E-state index >= 15 is 0 Å². The number of fused-ring (bicyclic) bond motifs is 1. The molecular formula is C23H18O5S2. The highest BCUT2D eigenvalue weighted by molar-refractivity contribution is 7.90. The molecule has 5 nitrogen and oxygen atoms in total. The van der Waals surface area contributed by atoms with E-state index in [1.165, 1.54) is 12.1 Å². The van der Waals surface area contributed by atoms with Crippen LogP contribution in [0.1, 0.15) is 0 Å². The third-order valence-corrected chi connectivity index (χ3v) is 6.88. The third-order valence-electron chi connectivity index (χ3n) is 4.82. The Kier molecular flexibility index (Phi) is 5.17. The molecule has 0 aliphatic heterocycles. The van der Waals surface area contributed by atoms with Gasteiger partial charge in [-0.15, -0.1) is 0 Å².